The molecule has 228 valence electrons. The van der Waals surface area contributed by atoms with Gasteiger partial charge in [0.25, 0.3) is 0 Å². The molecule has 0 aliphatic carbocycles. The van der Waals surface area contributed by atoms with Crippen LogP contribution in [0.25, 0.3) is 60.8 Å². The van der Waals surface area contributed by atoms with E-state index in [-0.39, 0.29) is 21.1 Å². The Bertz CT molecular complexity index is 2540. The molecular formula is C39H26N6OPt. The largest absolute Gasteiger partial charge is 2.00 e. The monoisotopic (exact) mass is 789 g/mol. The molecule has 0 atom stereocenters. The summed E-state index contributed by atoms with van der Waals surface area (Å²) in [6, 6.07) is 42.3. The first-order valence-electron chi connectivity index (χ1n) is 15.1. The molecule has 47 heavy (non-hydrogen) atoms. The van der Waals surface area contributed by atoms with Crippen molar-refractivity contribution in [3.8, 4) is 28.7 Å². The molecule has 7 nitrogen and oxygen atoms in total. The van der Waals surface area contributed by atoms with Crippen molar-refractivity contribution >= 4 is 43.6 Å². The molecule has 0 fully saturated rings. The van der Waals surface area contributed by atoms with Crippen LogP contribution in [0, 0.1) is 26.0 Å². The molecule has 0 saturated carbocycles. The van der Waals surface area contributed by atoms with Crippen molar-refractivity contribution in [1.82, 2.24) is 29.1 Å². The summed E-state index contributed by atoms with van der Waals surface area (Å²) in [6.45, 7) is 4.36. The van der Waals surface area contributed by atoms with Gasteiger partial charge >= 0.3 is 21.1 Å². The van der Waals surface area contributed by atoms with Crippen LogP contribution < -0.4 is 4.74 Å². The number of benzene rings is 5. The first-order valence-corrected chi connectivity index (χ1v) is 15.1. The van der Waals surface area contributed by atoms with Crippen LogP contribution in [0.15, 0.2) is 122 Å². The summed E-state index contributed by atoms with van der Waals surface area (Å²) >= 11 is 0. The summed E-state index contributed by atoms with van der Waals surface area (Å²) in [4.78, 5) is 4.92. The average Bonchev–Trinajstić information content (AvgIpc) is 3.82. The normalized spacial score (nSPS) is 11.4. The third kappa shape index (κ3) is 4.65. The summed E-state index contributed by atoms with van der Waals surface area (Å²) < 4.78 is 12.5. The minimum absolute atomic E-state index is 0. The molecule has 0 bridgehead atoms. The number of pyridine rings is 1. The zero-order chi connectivity index (χ0) is 30.8. The molecule has 0 N–H and O–H groups in total. The van der Waals surface area contributed by atoms with Gasteiger partial charge in [0.05, 0.1) is 22.9 Å². The molecule has 5 aromatic carbocycles. The summed E-state index contributed by atoms with van der Waals surface area (Å²) in [5.74, 6) is 1.94. The SMILES string of the molecule is Cc1cccc2c3cccc(C)c3n(-c3ccnc(-n4c5[c-]c(Oc6[c-]c(-n7ccnn7)ccc6)ccc5c5ccccc54)c3)c12.[Pt+2]. The fourth-order valence-corrected chi connectivity index (χ4v) is 6.64. The maximum absolute atomic E-state index is 6.31. The smallest absolute Gasteiger partial charge is 0.509 e. The molecule has 4 aromatic heterocycles. The van der Waals surface area contributed by atoms with Crippen LogP contribution in [0.4, 0.5) is 0 Å². The fraction of sp³-hybridized carbons (Fsp3) is 0.0513. The molecule has 8 heteroatoms. The Morgan fingerprint density at radius 3 is 2.13 bits per heavy atom. The quantitative estimate of drug-likeness (QED) is 0.164. The average molecular weight is 790 g/mol. The zero-order valence-electron chi connectivity index (χ0n) is 25.5. The van der Waals surface area contributed by atoms with Gasteiger partial charge in [-0.3, -0.25) is 0 Å². The Morgan fingerprint density at radius 1 is 0.638 bits per heavy atom. The number of hydrogen-bond donors (Lipinski definition) is 0. The van der Waals surface area contributed by atoms with Crippen LogP contribution in [0.2, 0.25) is 0 Å². The van der Waals surface area contributed by atoms with Crippen molar-refractivity contribution in [3.05, 3.63) is 145 Å². The Labute approximate surface area is 284 Å². The topological polar surface area (TPSA) is 62.7 Å². The molecule has 0 aliphatic heterocycles. The summed E-state index contributed by atoms with van der Waals surface area (Å²) in [6.07, 6.45) is 5.30. The molecule has 0 saturated heterocycles. The summed E-state index contributed by atoms with van der Waals surface area (Å²) in [5.41, 5.74) is 8.57. The van der Waals surface area contributed by atoms with Crippen molar-refractivity contribution in [3.63, 3.8) is 0 Å². The van der Waals surface area contributed by atoms with Gasteiger partial charge in [-0.1, -0.05) is 65.3 Å². The second-order valence-electron chi connectivity index (χ2n) is 11.4. The van der Waals surface area contributed by atoms with Crippen LogP contribution in [0.5, 0.6) is 11.5 Å². The predicted octanol–water partition coefficient (Wildman–Crippen LogP) is 8.86. The van der Waals surface area contributed by atoms with E-state index >= 15 is 0 Å². The van der Waals surface area contributed by atoms with E-state index in [2.05, 4.69) is 124 Å². The third-order valence-corrected chi connectivity index (χ3v) is 8.63. The van der Waals surface area contributed by atoms with Crippen LogP contribution in [0.1, 0.15) is 11.1 Å². The fourth-order valence-electron chi connectivity index (χ4n) is 6.64. The van der Waals surface area contributed by atoms with Gasteiger partial charge in [0, 0.05) is 46.2 Å². The Balaban J connectivity index is 0.00000324. The van der Waals surface area contributed by atoms with Gasteiger partial charge in [0.2, 0.25) is 0 Å². The van der Waals surface area contributed by atoms with E-state index < -0.39 is 0 Å². The zero-order valence-corrected chi connectivity index (χ0v) is 27.7. The maximum atomic E-state index is 6.31. The molecule has 4 heterocycles. The molecule has 9 aromatic rings. The summed E-state index contributed by atoms with van der Waals surface area (Å²) in [7, 11) is 0. The van der Waals surface area contributed by atoms with Crippen LogP contribution in [-0.2, 0) is 21.1 Å². The predicted molar refractivity (Wildman–Crippen MR) is 181 cm³/mol. The minimum atomic E-state index is 0. The minimum Gasteiger partial charge on any atom is -0.509 e. The van der Waals surface area contributed by atoms with Crippen LogP contribution in [-0.4, -0.2) is 29.1 Å². The molecular weight excluding hydrogens is 764 g/mol. The van der Waals surface area contributed by atoms with E-state index in [1.165, 1.54) is 32.9 Å². The van der Waals surface area contributed by atoms with Gasteiger partial charge in [0.15, 0.2) is 0 Å². The molecule has 0 unspecified atom stereocenters. The van der Waals surface area contributed by atoms with Crippen LogP contribution >= 0.6 is 0 Å². The van der Waals surface area contributed by atoms with E-state index in [1.807, 2.05) is 30.5 Å². The number of hydrogen-bond acceptors (Lipinski definition) is 4. The van der Waals surface area contributed by atoms with E-state index in [0.717, 1.165) is 39.0 Å². The number of aryl methyl sites for hydroxylation is 2. The molecule has 0 radical (unpaired) electrons. The number of nitrogens with zero attached hydrogens (tertiary/aromatic N) is 6. The second kappa shape index (κ2) is 11.4. The van der Waals surface area contributed by atoms with Gasteiger partial charge < -0.3 is 13.9 Å². The second-order valence-corrected chi connectivity index (χ2v) is 11.4. The van der Waals surface area contributed by atoms with Crippen molar-refractivity contribution in [2.24, 2.45) is 0 Å². The van der Waals surface area contributed by atoms with E-state index in [0.29, 0.717) is 11.5 Å². The molecule has 0 amide bonds. The third-order valence-electron chi connectivity index (χ3n) is 8.63. The van der Waals surface area contributed by atoms with Gasteiger partial charge in [0.1, 0.15) is 5.82 Å². The number of aromatic nitrogens is 6. The Kier molecular flexibility index (Phi) is 7.00. The van der Waals surface area contributed by atoms with E-state index in [9.17, 15) is 0 Å². The first kappa shape index (κ1) is 28.9. The van der Waals surface area contributed by atoms with Crippen molar-refractivity contribution < 1.29 is 25.8 Å². The Hall–Kier alpha value is -5.52. The number of para-hydroxylation sites is 3. The van der Waals surface area contributed by atoms with Crippen molar-refractivity contribution in [2.75, 3.05) is 0 Å². The van der Waals surface area contributed by atoms with Gasteiger partial charge in [-0.15, -0.1) is 40.8 Å². The molecule has 0 spiro atoms. The van der Waals surface area contributed by atoms with Crippen LogP contribution in [0.3, 0.4) is 0 Å². The summed E-state index contributed by atoms with van der Waals surface area (Å²) in [5, 5.41) is 12.7. The maximum Gasteiger partial charge on any atom is 2.00 e. The van der Waals surface area contributed by atoms with Crippen molar-refractivity contribution in [1.29, 1.82) is 0 Å². The first-order chi connectivity index (χ1) is 22.6. The van der Waals surface area contributed by atoms with Gasteiger partial charge in [-0.05, 0) is 48.2 Å². The Morgan fingerprint density at radius 2 is 1.36 bits per heavy atom. The number of rotatable bonds is 5. The molecule has 9 rings (SSSR count). The van der Waals surface area contributed by atoms with Gasteiger partial charge in [-0.2, -0.15) is 12.1 Å². The molecule has 0 aliphatic rings. The number of ether oxygens (including phenoxy) is 1. The van der Waals surface area contributed by atoms with E-state index in [4.69, 9.17) is 9.72 Å². The van der Waals surface area contributed by atoms with Gasteiger partial charge in [-0.25, -0.2) is 9.67 Å². The number of fused-ring (bicyclic) bond motifs is 6. The van der Waals surface area contributed by atoms with Crippen molar-refractivity contribution in [2.45, 2.75) is 13.8 Å². The van der Waals surface area contributed by atoms with E-state index in [1.54, 1.807) is 17.1 Å². The standard InChI is InChI=1S/C39H26N6O.Pt/c1-25-8-5-13-33-34-14-6-9-26(2)39(34)44(38(25)33)28-18-19-40-37(23-28)45-35-15-4-3-12-31(35)32-17-16-30(24-36(32)45)46-29-11-7-10-27(22-29)43-21-20-41-42-43;/h3-21,23H,1-2H3;/q-2;+2.